The first kappa shape index (κ1) is 21.0. The maximum absolute atomic E-state index is 13.4. The number of ketones is 1. The number of hydrogen-bond acceptors (Lipinski definition) is 5. The molecule has 1 aliphatic carbocycles. The van der Waals surface area contributed by atoms with Gasteiger partial charge in [-0.2, -0.15) is 10.4 Å². The van der Waals surface area contributed by atoms with Crippen molar-refractivity contribution in [3.8, 4) is 17.3 Å². The lowest BCUT2D eigenvalue weighted by Gasteiger charge is -2.40. The van der Waals surface area contributed by atoms with Gasteiger partial charge in [-0.15, -0.1) is 0 Å². The van der Waals surface area contributed by atoms with Crippen molar-refractivity contribution in [1.82, 2.24) is 10.2 Å². The third kappa shape index (κ3) is 3.51. The van der Waals surface area contributed by atoms with Crippen molar-refractivity contribution in [2.75, 3.05) is 4.90 Å². The van der Waals surface area contributed by atoms with Crippen molar-refractivity contribution in [2.45, 2.75) is 25.7 Å². The van der Waals surface area contributed by atoms with Crippen LogP contribution in [0.3, 0.4) is 0 Å². The molecule has 0 spiro atoms. The molecule has 0 amide bonds. The second-order valence-electron chi connectivity index (χ2n) is 8.50. The average molecular weight is 456 g/mol. The van der Waals surface area contributed by atoms with Gasteiger partial charge in [-0.25, -0.2) is 0 Å². The van der Waals surface area contributed by atoms with Crippen LogP contribution in [0.4, 0.5) is 5.82 Å². The maximum atomic E-state index is 13.4. The highest BCUT2D eigenvalue weighted by Gasteiger charge is 2.42. The normalized spacial score (nSPS) is 20.6. The summed E-state index contributed by atoms with van der Waals surface area (Å²) in [5.41, 5.74) is 10.8. The summed E-state index contributed by atoms with van der Waals surface area (Å²) in [5, 5.41) is 18.2. The molecular formula is C26H22ClN5O. The van der Waals surface area contributed by atoms with E-state index in [0.717, 1.165) is 17.0 Å². The summed E-state index contributed by atoms with van der Waals surface area (Å²) in [5.74, 6) is 0.384. The first-order valence-corrected chi connectivity index (χ1v) is 11.2. The summed E-state index contributed by atoms with van der Waals surface area (Å²) in [6.07, 6.45) is 1.07. The number of anilines is 1. The number of aromatic nitrogens is 2. The largest absolute Gasteiger partial charge is 0.384 e. The number of H-pyrrole nitrogens is 1. The van der Waals surface area contributed by atoms with Crippen LogP contribution in [0, 0.1) is 17.2 Å². The van der Waals surface area contributed by atoms with Crippen LogP contribution >= 0.6 is 11.6 Å². The van der Waals surface area contributed by atoms with Crippen molar-refractivity contribution in [3.63, 3.8) is 0 Å². The number of nitrogens with one attached hydrogen (secondary N) is 1. The van der Waals surface area contributed by atoms with E-state index in [2.05, 4.69) is 16.3 Å². The lowest BCUT2D eigenvalue weighted by Crippen LogP contribution is -2.40. The summed E-state index contributed by atoms with van der Waals surface area (Å²) < 4.78 is 0. The molecule has 2 atom stereocenters. The highest BCUT2D eigenvalue weighted by atomic mass is 35.5. The predicted octanol–water partition coefficient (Wildman–Crippen LogP) is 5.28. The van der Waals surface area contributed by atoms with Gasteiger partial charge in [-0.3, -0.25) is 14.8 Å². The number of hydrogen-bond donors (Lipinski definition) is 2. The maximum Gasteiger partial charge on any atom is 0.161 e. The Morgan fingerprint density at radius 3 is 2.61 bits per heavy atom. The zero-order valence-corrected chi connectivity index (χ0v) is 18.8. The Kier molecular flexibility index (Phi) is 5.27. The van der Waals surface area contributed by atoms with Gasteiger partial charge in [0.2, 0.25) is 0 Å². The third-order valence-corrected chi connectivity index (χ3v) is 6.61. The zero-order chi connectivity index (χ0) is 23.1. The van der Waals surface area contributed by atoms with Crippen LogP contribution in [-0.4, -0.2) is 16.0 Å². The molecule has 0 saturated carbocycles. The lowest BCUT2D eigenvalue weighted by molar-refractivity contribution is -0.117. The van der Waals surface area contributed by atoms with E-state index in [-0.39, 0.29) is 17.5 Å². The quantitative estimate of drug-likeness (QED) is 0.559. The van der Waals surface area contributed by atoms with Crippen molar-refractivity contribution >= 4 is 23.2 Å². The molecule has 0 bridgehead atoms. The highest BCUT2D eigenvalue weighted by Crippen LogP contribution is 2.48. The summed E-state index contributed by atoms with van der Waals surface area (Å²) >= 11 is 6.52. The number of carbonyl (C=O) groups excluding carboxylic acids is 1. The summed E-state index contributed by atoms with van der Waals surface area (Å²) in [7, 11) is 0. The van der Waals surface area contributed by atoms with E-state index in [1.54, 1.807) is 11.0 Å². The van der Waals surface area contributed by atoms with Gasteiger partial charge in [0.15, 0.2) is 11.6 Å². The number of rotatable bonds is 3. The molecule has 6 nitrogen and oxygen atoms in total. The number of nitrogens with two attached hydrogens (primary N) is 1. The van der Waals surface area contributed by atoms with Gasteiger partial charge in [0.25, 0.3) is 0 Å². The second-order valence-corrected chi connectivity index (χ2v) is 8.91. The number of Topliss-reactive ketones (excluding diaryl/α,β-unsaturated/α-hetero) is 1. The minimum Gasteiger partial charge on any atom is -0.384 e. The molecular weight excluding hydrogens is 434 g/mol. The molecule has 5 rings (SSSR count). The molecule has 2 unspecified atom stereocenters. The molecule has 2 aromatic carbocycles. The van der Waals surface area contributed by atoms with Gasteiger partial charge in [0.05, 0.1) is 23.3 Å². The van der Waals surface area contributed by atoms with Gasteiger partial charge in [0, 0.05) is 28.8 Å². The minimum atomic E-state index is -0.595. The Morgan fingerprint density at radius 2 is 1.88 bits per heavy atom. The lowest BCUT2D eigenvalue weighted by atomic mass is 9.73. The number of halogens is 1. The van der Waals surface area contributed by atoms with Crippen LogP contribution in [0.25, 0.3) is 11.3 Å². The molecule has 33 heavy (non-hydrogen) atoms. The fraction of sp³-hybridized carbons (Fsp3) is 0.192. The van der Waals surface area contributed by atoms with Gasteiger partial charge in [-0.05, 0) is 29.5 Å². The second kappa shape index (κ2) is 8.27. The topological polar surface area (TPSA) is 98.8 Å². The average Bonchev–Trinajstić information content (AvgIpc) is 3.29. The molecule has 3 N–H and O–H groups in total. The molecule has 2 heterocycles. The van der Waals surface area contributed by atoms with Gasteiger partial charge in [-0.1, -0.05) is 67.1 Å². The van der Waals surface area contributed by atoms with Crippen LogP contribution in [0.5, 0.6) is 0 Å². The molecule has 1 aromatic heterocycles. The van der Waals surface area contributed by atoms with Crippen molar-refractivity contribution < 1.29 is 4.79 Å². The van der Waals surface area contributed by atoms with Crippen LogP contribution in [0.2, 0.25) is 5.02 Å². The first-order chi connectivity index (χ1) is 16.0. The summed E-state index contributed by atoms with van der Waals surface area (Å²) in [6.45, 7) is 2.05. The van der Waals surface area contributed by atoms with E-state index < -0.39 is 5.92 Å². The molecule has 1 aliphatic heterocycles. The summed E-state index contributed by atoms with van der Waals surface area (Å²) in [4.78, 5) is 15.1. The molecule has 3 aromatic rings. The van der Waals surface area contributed by atoms with Crippen molar-refractivity contribution in [3.05, 3.63) is 93.9 Å². The number of benzene rings is 2. The van der Waals surface area contributed by atoms with Gasteiger partial charge in [0.1, 0.15) is 5.82 Å². The van der Waals surface area contributed by atoms with Crippen LogP contribution < -0.4 is 10.6 Å². The molecule has 0 saturated heterocycles. The van der Waals surface area contributed by atoms with E-state index in [0.29, 0.717) is 40.4 Å². The van der Waals surface area contributed by atoms with E-state index in [1.807, 2.05) is 61.5 Å². The third-order valence-electron chi connectivity index (χ3n) is 6.27. The number of allylic oxidation sites excluding steroid dienone is 3. The number of nitrogens with zero attached hydrogens (tertiary/aromatic N) is 3. The van der Waals surface area contributed by atoms with E-state index in [9.17, 15) is 10.1 Å². The fourth-order valence-corrected chi connectivity index (χ4v) is 5.04. The standard InChI is InChI=1S/C26H22ClN5O/c1-15-11-21-25(22(33)12-15)24(17-9-5-6-10-19(17)27)18(14-28)26(29)32(21)23-13-20(30-31-23)16-7-3-2-4-8-16/h2-10,13,15,24H,11-12,29H2,1H3,(H,30,31). The zero-order valence-electron chi connectivity index (χ0n) is 18.0. The monoisotopic (exact) mass is 455 g/mol. The molecule has 2 aliphatic rings. The molecule has 0 fully saturated rings. The van der Waals surface area contributed by atoms with E-state index in [4.69, 9.17) is 17.3 Å². The number of nitriles is 1. The number of carbonyl (C=O) groups is 1. The Balaban J connectivity index is 1.71. The van der Waals surface area contributed by atoms with Gasteiger partial charge >= 0.3 is 0 Å². The molecule has 164 valence electrons. The van der Waals surface area contributed by atoms with Crippen molar-refractivity contribution in [2.24, 2.45) is 11.7 Å². The predicted molar refractivity (Wildman–Crippen MR) is 128 cm³/mol. The number of aromatic amines is 1. The van der Waals surface area contributed by atoms with E-state index >= 15 is 0 Å². The Morgan fingerprint density at radius 1 is 1.15 bits per heavy atom. The SMILES string of the molecule is CC1CC(=O)C2=C(C1)N(c1cc(-c3ccccc3)[nH]n1)C(N)=C(C#N)C2c1ccccc1Cl. The Labute approximate surface area is 197 Å². The van der Waals surface area contributed by atoms with E-state index in [1.165, 1.54) is 0 Å². The summed E-state index contributed by atoms with van der Waals surface area (Å²) in [6, 6.07) is 21.3. The molecule has 0 radical (unpaired) electrons. The smallest absolute Gasteiger partial charge is 0.161 e. The fourth-order valence-electron chi connectivity index (χ4n) is 4.79. The molecule has 7 heteroatoms. The minimum absolute atomic E-state index is 0.0118. The highest BCUT2D eigenvalue weighted by molar-refractivity contribution is 6.31. The van der Waals surface area contributed by atoms with Crippen LogP contribution in [0.15, 0.2) is 83.3 Å². The van der Waals surface area contributed by atoms with Crippen LogP contribution in [0.1, 0.15) is 31.2 Å². The first-order valence-electron chi connectivity index (χ1n) is 10.8. The Hall–Kier alpha value is -3.82. The van der Waals surface area contributed by atoms with Crippen LogP contribution in [-0.2, 0) is 4.79 Å². The van der Waals surface area contributed by atoms with Crippen molar-refractivity contribution in [1.29, 1.82) is 5.26 Å². The van der Waals surface area contributed by atoms with Gasteiger partial charge < -0.3 is 5.73 Å². The Bertz CT molecular complexity index is 1350.